The van der Waals surface area contributed by atoms with Gasteiger partial charge in [-0.1, -0.05) is 147 Å². The van der Waals surface area contributed by atoms with Crippen LogP contribution in [0.15, 0.2) is 36.5 Å². The first-order chi connectivity index (χ1) is 25.3. The van der Waals surface area contributed by atoms with E-state index in [0.717, 1.165) is 70.6 Å². The first-order valence-electron chi connectivity index (χ1n) is 21.3. The van der Waals surface area contributed by atoms with Gasteiger partial charge in [0.05, 0.1) is 13.2 Å². The van der Waals surface area contributed by atoms with Gasteiger partial charge in [0, 0.05) is 12.8 Å². The highest BCUT2D eigenvalue weighted by Gasteiger charge is 2.25. The Morgan fingerprint density at radius 3 is 1.42 bits per heavy atom. The summed E-state index contributed by atoms with van der Waals surface area (Å²) in [5.74, 6) is -0.814. The van der Waals surface area contributed by atoms with Crippen LogP contribution in [-0.2, 0) is 32.7 Å². The van der Waals surface area contributed by atoms with Crippen molar-refractivity contribution in [1.82, 2.24) is 0 Å². The number of phosphoric acid groups is 1. The predicted molar refractivity (Wildman–Crippen MR) is 216 cm³/mol. The summed E-state index contributed by atoms with van der Waals surface area (Å²) in [7, 11) is -4.28. The number of esters is 2. The zero-order valence-electron chi connectivity index (χ0n) is 33.7. The molecule has 0 heterocycles. The van der Waals surface area contributed by atoms with Crippen LogP contribution in [0.5, 0.6) is 0 Å². The largest absolute Gasteiger partial charge is 0.472 e. The van der Waals surface area contributed by atoms with E-state index in [1.807, 2.05) is 0 Å². The number of carbonyl (C=O) groups is 2. The molecule has 0 bridgehead atoms. The van der Waals surface area contributed by atoms with Crippen molar-refractivity contribution in [3.05, 3.63) is 36.5 Å². The van der Waals surface area contributed by atoms with Crippen molar-refractivity contribution >= 4 is 19.8 Å². The van der Waals surface area contributed by atoms with E-state index in [-0.39, 0.29) is 32.0 Å². The van der Waals surface area contributed by atoms with Crippen LogP contribution in [0.25, 0.3) is 0 Å². The van der Waals surface area contributed by atoms with Crippen molar-refractivity contribution in [3.8, 4) is 0 Å². The Morgan fingerprint density at radius 2 is 0.923 bits per heavy atom. The Bertz CT molecular complexity index is 947. The van der Waals surface area contributed by atoms with E-state index >= 15 is 0 Å². The van der Waals surface area contributed by atoms with Crippen LogP contribution < -0.4 is 0 Å². The quantitative estimate of drug-likeness (QED) is 0.0286. The highest BCUT2D eigenvalue weighted by atomic mass is 31.2. The highest BCUT2D eigenvalue weighted by molar-refractivity contribution is 7.47. The predicted octanol–water partition coefficient (Wildman–Crippen LogP) is 13.2. The maximum Gasteiger partial charge on any atom is 0.472 e. The Morgan fingerprint density at radius 1 is 0.519 bits per heavy atom. The van der Waals surface area contributed by atoms with Gasteiger partial charge >= 0.3 is 19.8 Å². The SMILES string of the molecule is CCCCC/C=C\C/C=C\CCCCCCCCCC(=O)OC(COC(=O)CCCCCCC/C=C\CCCCCCCC)COP(=O)(O)OCC. The minimum Gasteiger partial charge on any atom is -0.462 e. The lowest BCUT2D eigenvalue weighted by molar-refractivity contribution is -0.161. The lowest BCUT2D eigenvalue weighted by Gasteiger charge is -2.19. The number of carbonyl (C=O) groups excluding carboxylic acids is 2. The third-order valence-electron chi connectivity index (χ3n) is 8.92. The second-order valence-corrected chi connectivity index (χ2v) is 15.5. The molecule has 0 spiro atoms. The van der Waals surface area contributed by atoms with Gasteiger partial charge in [-0.05, 0) is 77.6 Å². The molecule has 0 rings (SSSR count). The molecule has 8 nitrogen and oxygen atoms in total. The van der Waals surface area contributed by atoms with E-state index in [4.69, 9.17) is 18.5 Å². The van der Waals surface area contributed by atoms with Crippen LogP contribution in [0, 0.1) is 0 Å². The van der Waals surface area contributed by atoms with Crippen LogP contribution >= 0.6 is 7.82 Å². The Hall–Kier alpha value is -1.73. The molecule has 0 saturated carbocycles. The Kier molecular flexibility index (Phi) is 37.7. The van der Waals surface area contributed by atoms with Gasteiger partial charge in [-0.2, -0.15) is 0 Å². The van der Waals surface area contributed by atoms with Crippen molar-refractivity contribution in [3.63, 3.8) is 0 Å². The van der Waals surface area contributed by atoms with Crippen molar-refractivity contribution in [2.45, 2.75) is 207 Å². The molecule has 0 aliphatic rings. The lowest BCUT2D eigenvalue weighted by Crippen LogP contribution is -2.29. The number of unbranched alkanes of at least 4 members (excludes halogenated alkanes) is 21. The van der Waals surface area contributed by atoms with Crippen molar-refractivity contribution in [1.29, 1.82) is 0 Å². The first kappa shape index (κ1) is 50.3. The fourth-order valence-electron chi connectivity index (χ4n) is 5.77. The fourth-order valence-corrected chi connectivity index (χ4v) is 6.53. The standard InChI is InChI=1S/C43H79O8P/c1-4-7-9-11-13-15-17-19-21-22-24-26-28-30-32-34-36-38-43(45)51-41(40-50-52(46,47)49-6-3)39-48-42(44)37-35-33-31-29-27-25-23-20-18-16-14-12-10-8-5-2/h13,15,19-21,23,41H,4-12,14,16-18,22,24-40H2,1-3H3,(H,46,47)/b15-13-,21-19-,23-20-. The van der Waals surface area contributed by atoms with Gasteiger partial charge in [0.2, 0.25) is 0 Å². The van der Waals surface area contributed by atoms with Gasteiger partial charge < -0.3 is 14.4 Å². The Balaban J connectivity index is 4.12. The summed E-state index contributed by atoms with van der Waals surface area (Å²) < 4.78 is 32.6. The molecule has 0 aromatic rings. The molecule has 0 radical (unpaired) electrons. The normalized spacial score (nSPS) is 13.7. The van der Waals surface area contributed by atoms with Gasteiger partial charge in [0.15, 0.2) is 6.10 Å². The molecule has 304 valence electrons. The molecule has 0 fully saturated rings. The molecule has 0 aromatic heterocycles. The van der Waals surface area contributed by atoms with E-state index < -0.39 is 26.5 Å². The number of ether oxygens (including phenoxy) is 2. The molecule has 2 atom stereocenters. The molecule has 2 unspecified atom stereocenters. The second-order valence-electron chi connectivity index (χ2n) is 14.0. The molecule has 0 amide bonds. The summed E-state index contributed by atoms with van der Waals surface area (Å²) in [6.45, 7) is 5.43. The van der Waals surface area contributed by atoms with Crippen molar-refractivity contribution < 1.29 is 37.6 Å². The minimum atomic E-state index is -4.28. The van der Waals surface area contributed by atoms with Gasteiger partial charge in [-0.3, -0.25) is 18.6 Å². The molecule has 52 heavy (non-hydrogen) atoms. The summed E-state index contributed by atoms with van der Waals surface area (Å²) in [5.41, 5.74) is 0. The maximum absolute atomic E-state index is 12.5. The third-order valence-corrected chi connectivity index (χ3v) is 9.98. The zero-order chi connectivity index (χ0) is 38.2. The third kappa shape index (κ3) is 38.0. The maximum atomic E-state index is 12.5. The number of phosphoric ester groups is 1. The molecular formula is C43H79O8P. The topological polar surface area (TPSA) is 108 Å². The monoisotopic (exact) mass is 755 g/mol. The molecule has 0 aliphatic carbocycles. The van der Waals surface area contributed by atoms with Gasteiger partial charge in [-0.15, -0.1) is 0 Å². The van der Waals surface area contributed by atoms with E-state index in [1.165, 1.54) is 89.9 Å². The van der Waals surface area contributed by atoms with Crippen LogP contribution in [0.2, 0.25) is 0 Å². The van der Waals surface area contributed by atoms with Crippen molar-refractivity contribution in [2.75, 3.05) is 19.8 Å². The second kappa shape index (κ2) is 39.0. The number of allylic oxidation sites excluding steroid dienone is 6. The zero-order valence-corrected chi connectivity index (χ0v) is 34.6. The summed E-state index contributed by atoms with van der Waals surface area (Å²) in [5, 5.41) is 0. The van der Waals surface area contributed by atoms with Gasteiger partial charge in [0.25, 0.3) is 0 Å². The van der Waals surface area contributed by atoms with E-state index in [9.17, 15) is 19.0 Å². The lowest BCUT2D eigenvalue weighted by atomic mass is 10.1. The van der Waals surface area contributed by atoms with E-state index in [1.54, 1.807) is 6.92 Å². The number of hydrogen-bond donors (Lipinski definition) is 1. The molecule has 0 aromatic carbocycles. The van der Waals surface area contributed by atoms with Gasteiger partial charge in [0.1, 0.15) is 6.61 Å². The molecule has 9 heteroatoms. The summed E-state index contributed by atoms with van der Waals surface area (Å²) in [6.07, 6.45) is 43.3. The highest BCUT2D eigenvalue weighted by Crippen LogP contribution is 2.43. The molecule has 0 aliphatic heterocycles. The average molecular weight is 755 g/mol. The minimum absolute atomic E-state index is 0.00263. The van der Waals surface area contributed by atoms with Crippen LogP contribution in [0.4, 0.5) is 0 Å². The molecule has 1 N–H and O–H groups in total. The van der Waals surface area contributed by atoms with E-state index in [0.29, 0.717) is 6.42 Å². The fraction of sp³-hybridized carbons (Fsp3) is 0.814. The van der Waals surface area contributed by atoms with E-state index in [2.05, 4.69) is 50.3 Å². The van der Waals surface area contributed by atoms with Crippen molar-refractivity contribution in [2.24, 2.45) is 0 Å². The summed E-state index contributed by atoms with van der Waals surface area (Å²) in [4.78, 5) is 34.7. The van der Waals surface area contributed by atoms with Crippen LogP contribution in [0.1, 0.15) is 201 Å². The van der Waals surface area contributed by atoms with Crippen LogP contribution in [-0.4, -0.2) is 42.8 Å². The summed E-state index contributed by atoms with van der Waals surface area (Å²) >= 11 is 0. The first-order valence-corrected chi connectivity index (χ1v) is 22.8. The smallest absolute Gasteiger partial charge is 0.462 e. The van der Waals surface area contributed by atoms with Gasteiger partial charge in [-0.25, -0.2) is 4.57 Å². The Labute approximate surface area is 319 Å². The molecule has 0 saturated heterocycles. The number of hydrogen-bond acceptors (Lipinski definition) is 7. The summed E-state index contributed by atoms with van der Waals surface area (Å²) in [6, 6.07) is 0. The molecular weight excluding hydrogens is 675 g/mol. The average Bonchev–Trinajstić information content (AvgIpc) is 3.12. The van der Waals surface area contributed by atoms with Crippen LogP contribution in [0.3, 0.4) is 0 Å². The number of rotatable bonds is 39.